The van der Waals surface area contributed by atoms with Gasteiger partial charge < -0.3 is 9.53 Å². The molecule has 0 aliphatic heterocycles. The zero-order valence-corrected chi connectivity index (χ0v) is 11.0. The van der Waals surface area contributed by atoms with Crippen LogP contribution in [0.4, 0.5) is 0 Å². The van der Waals surface area contributed by atoms with Gasteiger partial charge in [-0.1, -0.05) is 25.4 Å². The van der Waals surface area contributed by atoms with E-state index in [2.05, 4.69) is 6.92 Å². The molecule has 0 atom stereocenters. The van der Waals surface area contributed by atoms with Crippen LogP contribution in [0.5, 0.6) is 5.75 Å². The van der Waals surface area contributed by atoms with E-state index in [1.54, 1.807) is 0 Å². The quantitative estimate of drug-likeness (QED) is 0.764. The van der Waals surface area contributed by atoms with Gasteiger partial charge >= 0.3 is 0 Å². The van der Waals surface area contributed by atoms with Crippen LogP contribution in [0.3, 0.4) is 0 Å². The molecule has 0 heterocycles. The number of carbonyl (C=O) groups excluding carboxylic acids is 1. The maximum Gasteiger partial charge on any atom is 0.125 e. The van der Waals surface area contributed by atoms with E-state index in [0.717, 1.165) is 24.9 Å². The number of rotatable bonds is 4. The minimum Gasteiger partial charge on any atom is -0.493 e. The first-order chi connectivity index (χ1) is 7.95. The lowest BCUT2D eigenvalue weighted by Gasteiger charge is -2.49. The summed E-state index contributed by atoms with van der Waals surface area (Å²) in [6, 6.07) is 7.36. The molecular weight excluding hydrogens is 236 g/mol. The van der Waals surface area contributed by atoms with Gasteiger partial charge in [0.05, 0.1) is 6.61 Å². The van der Waals surface area contributed by atoms with E-state index in [1.807, 2.05) is 31.2 Å². The van der Waals surface area contributed by atoms with Crippen molar-refractivity contribution in [2.24, 2.45) is 10.8 Å². The van der Waals surface area contributed by atoms with Crippen molar-refractivity contribution in [2.45, 2.75) is 26.7 Å². The van der Waals surface area contributed by atoms with Gasteiger partial charge in [0.1, 0.15) is 12.0 Å². The maximum absolute atomic E-state index is 10.9. The average Bonchev–Trinajstić information content (AvgIpc) is 2.26. The average molecular weight is 253 g/mol. The lowest BCUT2D eigenvalue weighted by atomic mass is 9.55. The Kier molecular flexibility index (Phi) is 3.17. The Morgan fingerprint density at radius 3 is 2.41 bits per heavy atom. The predicted octanol–water partition coefficient (Wildman–Crippen LogP) is 3.72. The first-order valence-corrected chi connectivity index (χ1v) is 6.17. The molecule has 1 aliphatic carbocycles. The summed E-state index contributed by atoms with van der Waals surface area (Å²) in [5.41, 5.74) is -0.0204. The summed E-state index contributed by atoms with van der Waals surface area (Å²) in [7, 11) is 0. The van der Waals surface area contributed by atoms with Gasteiger partial charge in [-0.15, -0.1) is 0 Å². The van der Waals surface area contributed by atoms with E-state index in [4.69, 9.17) is 16.3 Å². The molecule has 0 unspecified atom stereocenters. The van der Waals surface area contributed by atoms with E-state index in [0.29, 0.717) is 11.6 Å². The second-order valence-electron chi connectivity index (χ2n) is 5.68. The van der Waals surface area contributed by atoms with Crippen LogP contribution in [0.15, 0.2) is 24.3 Å². The lowest BCUT2D eigenvalue weighted by molar-refractivity contribution is -0.129. The zero-order chi connectivity index (χ0) is 12.5. The molecule has 2 nitrogen and oxygen atoms in total. The highest BCUT2D eigenvalue weighted by Crippen LogP contribution is 2.52. The number of hydrogen-bond acceptors (Lipinski definition) is 2. The van der Waals surface area contributed by atoms with Crippen LogP contribution in [0.2, 0.25) is 5.02 Å². The highest BCUT2D eigenvalue weighted by molar-refractivity contribution is 6.30. The number of aldehydes is 1. The predicted molar refractivity (Wildman–Crippen MR) is 68.5 cm³/mol. The van der Waals surface area contributed by atoms with Crippen molar-refractivity contribution < 1.29 is 9.53 Å². The molecule has 0 spiro atoms. The molecule has 1 fully saturated rings. The molecule has 1 saturated carbocycles. The molecule has 0 amide bonds. The summed E-state index contributed by atoms with van der Waals surface area (Å²) in [6.07, 6.45) is 2.87. The second kappa shape index (κ2) is 4.34. The van der Waals surface area contributed by atoms with E-state index in [1.165, 1.54) is 0 Å². The molecule has 17 heavy (non-hydrogen) atoms. The Labute approximate surface area is 107 Å². The van der Waals surface area contributed by atoms with E-state index in [9.17, 15) is 4.79 Å². The van der Waals surface area contributed by atoms with Crippen molar-refractivity contribution in [1.82, 2.24) is 0 Å². The molecule has 0 bridgehead atoms. The summed E-state index contributed by atoms with van der Waals surface area (Å²) in [5, 5.41) is 0.709. The minimum absolute atomic E-state index is 0.120. The van der Waals surface area contributed by atoms with Gasteiger partial charge in [0.25, 0.3) is 0 Å². The summed E-state index contributed by atoms with van der Waals surface area (Å²) in [5.74, 6) is 0.829. The molecule has 1 aromatic rings. The fourth-order valence-corrected chi connectivity index (χ4v) is 3.00. The first kappa shape index (κ1) is 12.4. The molecule has 0 N–H and O–H groups in total. The number of halogens is 1. The molecule has 3 heteroatoms. The third kappa shape index (κ3) is 2.81. The number of carbonyl (C=O) groups is 1. The summed E-state index contributed by atoms with van der Waals surface area (Å²) >= 11 is 5.80. The van der Waals surface area contributed by atoms with Crippen molar-refractivity contribution in [3.63, 3.8) is 0 Å². The van der Waals surface area contributed by atoms with E-state index < -0.39 is 0 Å². The monoisotopic (exact) mass is 252 g/mol. The topological polar surface area (TPSA) is 26.3 Å². The third-order valence-corrected chi connectivity index (χ3v) is 3.60. The van der Waals surface area contributed by atoms with Gasteiger partial charge in [0, 0.05) is 15.9 Å². The van der Waals surface area contributed by atoms with Gasteiger partial charge in [-0.3, -0.25) is 0 Å². The fraction of sp³-hybridized carbons (Fsp3) is 0.500. The molecule has 2 rings (SSSR count). The van der Waals surface area contributed by atoms with Gasteiger partial charge in [0.2, 0.25) is 0 Å². The van der Waals surface area contributed by atoms with Crippen LogP contribution in [0.1, 0.15) is 26.7 Å². The number of hydrogen-bond donors (Lipinski definition) is 0. The normalized spacial score (nSPS) is 31.7. The summed E-state index contributed by atoms with van der Waals surface area (Å²) < 4.78 is 5.73. The van der Waals surface area contributed by atoms with Crippen molar-refractivity contribution in [2.75, 3.05) is 6.61 Å². The molecule has 1 aromatic carbocycles. The Morgan fingerprint density at radius 1 is 1.29 bits per heavy atom. The van der Waals surface area contributed by atoms with Crippen molar-refractivity contribution in [3.05, 3.63) is 29.3 Å². The molecular formula is C14H17ClO2. The molecule has 0 aromatic heterocycles. The Balaban J connectivity index is 1.87. The van der Waals surface area contributed by atoms with Crippen molar-refractivity contribution in [1.29, 1.82) is 0 Å². The van der Waals surface area contributed by atoms with Crippen molar-refractivity contribution >= 4 is 17.9 Å². The Morgan fingerprint density at radius 2 is 1.88 bits per heavy atom. The third-order valence-electron chi connectivity index (χ3n) is 3.35. The largest absolute Gasteiger partial charge is 0.493 e. The molecule has 92 valence electrons. The zero-order valence-electron chi connectivity index (χ0n) is 10.2. The van der Waals surface area contributed by atoms with Gasteiger partial charge in [0.15, 0.2) is 0 Å². The number of benzene rings is 1. The Bertz CT molecular complexity index is 405. The van der Waals surface area contributed by atoms with Gasteiger partial charge in [-0.05, 0) is 37.1 Å². The first-order valence-electron chi connectivity index (χ1n) is 5.80. The van der Waals surface area contributed by atoms with Crippen LogP contribution in [0.25, 0.3) is 0 Å². The fourth-order valence-electron chi connectivity index (χ4n) is 2.87. The SMILES string of the molecule is CC1(C=O)CC(C)(COc2ccc(Cl)cc2)C1. The summed E-state index contributed by atoms with van der Waals surface area (Å²) in [4.78, 5) is 10.9. The second-order valence-corrected chi connectivity index (χ2v) is 6.12. The maximum atomic E-state index is 10.9. The van der Waals surface area contributed by atoms with Crippen LogP contribution >= 0.6 is 11.6 Å². The van der Waals surface area contributed by atoms with Crippen LogP contribution < -0.4 is 4.74 Å². The highest BCUT2D eigenvalue weighted by atomic mass is 35.5. The molecule has 0 radical (unpaired) electrons. The standard InChI is InChI=1S/C14H17ClO2/c1-13(9-16)7-14(2,8-13)10-17-12-5-3-11(15)4-6-12/h3-6,9H,7-8,10H2,1-2H3. The van der Waals surface area contributed by atoms with Crippen LogP contribution in [-0.4, -0.2) is 12.9 Å². The highest BCUT2D eigenvalue weighted by Gasteiger charge is 2.49. The van der Waals surface area contributed by atoms with Gasteiger partial charge in [-0.25, -0.2) is 0 Å². The van der Waals surface area contributed by atoms with Gasteiger partial charge in [-0.2, -0.15) is 0 Å². The van der Waals surface area contributed by atoms with Crippen LogP contribution in [0, 0.1) is 10.8 Å². The summed E-state index contributed by atoms with van der Waals surface area (Å²) in [6.45, 7) is 4.82. The van der Waals surface area contributed by atoms with E-state index in [-0.39, 0.29) is 10.8 Å². The lowest BCUT2D eigenvalue weighted by Crippen LogP contribution is -2.47. The minimum atomic E-state index is -0.141. The van der Waals surface area contributed by atoms with E-state index >= 15 is 0 Å². The molecule has 0 saturated heterocycles. The number of ether oxygens (including phenoxy) is 1. The molecule has 1 aliphatic rings. The van der Waals surface area contributed by atoms with Crippen LogP contribution in [-0.2, 0) is 4.79 Å². The Hall–Kier alpha value is -1.02. The smallest absolute Gasteiger partial charge is 0.125 e. The van der Waals surface area contributed by atoms with Crippen molar-refractivity contribution in [3.8, 4) is 5.75 Å².